The molecule has 0 saturated carbocycles. The fourth-order valence-electron chi connectivity index (χ4n) is 2.39. The van der Waals surface area contributed by atoms with Gasteiger partial charge in [0.25, 0.3) is 5.69 Å². The number of aromatic nitrogens is 2. The molecule has 1 amide bonds. The number of anilines is 1. The smallest absolute Gasteiger partial charge is 0.270 e. The minimum absolute atomic E-state index is 0.0143. The molecule has 2 heterocycles. The van der Waals surface area contributed by atoms with Gasteiger partial charge >= 0.3 is 0 Å². The van der Waals surface area contributed by atoms with Crippen molar-refractivity contribution in [3.63, 3.8) is 0 Å². The molecule has 29 heavy (non-hydrogen) atoms. The zero-order valence-corrected chi connectivity index (χ0v) is 16.9. The Labute approximate surface area is 174 Å². The summed E-state index contributed by atoms with van der Waals surface area (Å²) in [6.45, 7) is 1.85. The van der Waals surface area contributed by atoms with E-state index in [1.54, 1.807) is 29.6 Å². The topological polar surface area (TPSA) is 122 Å². The van der Waals surface area contributed by atoms with Crippen LogP contribution in [0.1, 0.15) is 17.7 Å². The summed E-state index contributed by atoms with van der Waals surface area (Å²) in [5.74, 6) is 0.267. The lowest BCUT2D eigenvalue weighted by atomic mass is 10.1. The van der Waals surface area contributed by atoms with Crippen LogP contribution in [0.3, 0.4) is 0 Å². The molecule has 10 heteroatoms. The van der Waals surface area contributed by atoms with Gasteiger partial charge in [0.1, 0.15) is 11.1 Å². The Morgan fingerprint density at radius 2 is 2.17 bits per heavy atom. The number of benzene rings is 1. The number of aryl methyl sites for hydroxylation is 1. The lowest BCUT2D eigenvalue weighted by Gasteiger charge is -2.04. The lowest BCUT2D eigenvalue weighted by molar-refractivity contribution is -0.384. The zero-order chi connectivity index (χ0) is 20.8. The first-order valence-corrected chi connectivity index (χ1v) is 10.3. The van der Waals surface area contributed by atoms with Crippen molar-refractivity contribution in [3.05, 3.63) is 63.1 Å². The van der Waals surface area contributed by atoms with Gasteiger partial charge in [-0.3, -0.25) is 14.9 Å². The van der Waals surface area contributed by atoms with Crippen molar-refractivity contribution in [1.29, 1.82) is 5.26 Å². The van der Waals surface area contributed by atoms with Crippen molar-refractivity contribution in [2.24, 2.45) is 0 Å². The first-order valence-electron chi connectivity index (χ1n) is 8.47. The van der Waals surface area contributed by atoms with E-state index in [4.69, 9.17) is 5.26 Å². The van der Waals surface area contributed by atoms with Crippen molar-refractivity contribution >= 4 is 39.8 Å². The number of pyridine rings is 1. The molecule has 3 aromatic rings. The Morgan fingerprint density at radius 3 is 2.93 bits per heavy atom. The van der Waals surface area contributed by atoms with Crippen LogP contribution < -0.4 is 5.32 Å². The van der Waals surface area contributed by atoms with Crippen LogP contribution in [0.4, 0.5) is 10.8 Å². The van der Waals surface area contributed by atoms with Crippen LogP contribution in [0.25, 0.3) is 11.3 Å². The number of hydrogen-bond donors (Lipinski definition) is 1. The van der Waals surface area contributed by atoms with Crippen molar-refractivity contribution in [3.8, 4) is 17.3 Å². The van der Waals surface area contributed by atoms with Gasteiger partial charge < -0.3 is 5.32 Å². The van der Waals surface area contributed by atoms with Crippen LogP contribution in [0, 0.1) is 28.4 Å². The number of nitriles is 1. The van der Waals surface area contributed by atoms with E-state index in [0.29, 0.717) is 32.7 Å². The summed E-state index contributed by atoms with van der Waals surface area (Å²) in [6.07, 6.45) is 0.233. The molecule has 3 rings (SSSR count). The number of nitro benzene ring substituents is 1. The van der Waals surface area contributed by atoms with Crippen LogP contribution in [0.2, 0.25) is 0 Å². The minimum Gasteiger partial charge on any atom is -0.302 e. The highest BCUT2D eigenvalue weighted by atomic mass is 32.2. The van der Waals surface area contributed by atoms with Crippen LogP contribution >= 0.6 is 23.1 Å². The van der Waals surface area contributed by atoms with Crippen LogP contribution in [-0.2, 0) is 4.79 Å². The van der Waals surface area contributed by atoms with Gasteiger partial charge in [-0.1, -0.05) is 12.1 Å². The van der Waals surface area contributed by atoms with Gasteiger partial charge in [0.15, 0.2) is 5.13 Å². The number of nitrogens with zero attached hydrogens (tertiary/aromatic N) is 4. The van der Waals surface area contributed by atoms with Crippen LogP contribution in [-0.4, -0.2) is 26.6 Å². The monoisotopic (exact) mass is 425 g/mol. The van der Waals surface area contributed by atoms with E-state index in [2.05, 4.69) is 21.4 Å². The average molecular weight is 425 g/mol. The number of carbonyl (C=O) groups excluding carboxylic acids is 1. The molecule has 2 aromatic heterocycles. The van der Waals surface area contributed by atoms with Gasteiger partial charge in [-0.05, 0) is 19.1 Å². The second kappa shape index (κ2) is 9.27. The van der Waals surface area contributed by atoms with Gasteiger partial charge in [-0.25, -0.2) is 9.97 Å². The molecule has 0 unspecified atom stereocenters. The number of thiazole rings is 1. The molecular weight excluding hydrogens is 410 g/mol. The second-order valence-electron chi connectivity index (χ2n) is 5.91. The van der Waals surface area contributed by atoms with E-state index < -0.39 is 4.92 Å². The predicted molar refractivity (Wildman–Crippen MR) is 112 cm³/mol. The highest BCUT2D eigenvalue weighted by Crippen LogP contribution is 2.28. The quantitative estimate of drug-likeness (QED) is 0.338. The summed E-state index contributed by atoms with van der Waals surface area (Å²) in [6, 6.07) is 11.8. The Kier molecular flexibility index (Phi) is 6.54. The van der Waals surface area contributed by atoms with E-state index in [1.807, 2.05) is 6.92 Å². The van der Waals surface area contributed by atoms with Crippen molar-refractivity contribution in [1.82, 2.24) is 9.97 Å². The fourth-order valence-corrected chi connectivity index (χ4v) is 4.09. The Hall–Kier alpha value is -3.29. The summed E-state index contributed by atoms with van der Waals surface area (Å²) in [5, 5.41) is 25.5. The van der Waals surface area contributed by atoms with E-state index in [-0.39, 0.29) is 18.0 Å². The van der Waals surface area contributed by atoms with Crippen LogP contribution in [0.5, 0.6) is 0 Å². The van der Waals surface area contributed by atoms with E-state index in [9.17, 15) is 14.9 Å². The van der Waals surface area contributed by atoms with Gasteiger partial charge in [0, 0.05) is 40.9 Å². The minimum atomic E-state index is -0.461. The molecule has 8 nitrogen and oxygen atoms in total. The summed E-state index contributed by atoms with van der Waals surface area (Å²) in [5.41, 5.74) is 2.46. The number of non-ortho nitro benzene ring substituents is 1. The molecule has 0 fully saturated rings. The summed E-state index contributed by atoms with van der Waals surface area (Å²) >= 11 is 2.61. The predicted octanol–water partition coefficient (Wildman–Crippen LogP) is 4.41. The first-order chi connectivity index (χ1) is 14.0. The van der Waals surface area contributed by atoms with E-state index in [1.165, 1.54) is 35.2 Å². The van der Waals surface area contributed by atoms with Gasteiger partial charge in [-0.2, -0.15) is 5.26 Å². The highest BCUT2D eigenvalue weighted by Gasteiger charge is 2.12. The number of nitrogens with one attached hydrogen (secondary N) is 1. The molecule has 0 radical (unpaired) electrons. The molecular formula is C19H15N5O3S2. The number of carbonyl (C=O) groups is 1. The molecule has 1 aromatic carbocycles. The van der Waals surface area contributed by atoms with Gasteiger partial charge in [0.05, 0.1) is 16.2 Å². The van der Waals surface area contributed by atoms with Crippen molar-refractivity contribution in [2.75, 3.05) is 11.1 Å². The van der Waals surface area contributed by atoms with E-state index in [0.717, 1.165) is 5.69 Å². The SMILES string of the molecule is Cc1ccc(C#N)c(SCCC(=O)Nc2nc(-c3cccc([N+](=O)[O-])c3)cs2)n1. The molecule has 0 bridgehead atoms. The van der Waals surface area contributed by atoms with Crippen LogP contribution in [0.15, 0.2) is 46.8 Å². The zero-order valence-electron chi connectivity index (χ0n) is 15.3. The molecule has 0 saturated heterocycles. The average Bonchev–Trinajstić information content (AvgIpc) is 3.16. The summed E-state index contributed by atoms with van der Waals surface area (Å²) in [7, 11) is 0. The highest BCUT2D eigenvalue weighted by molar-refractivity contribution is 7.99. The summed E-state index contributed by atoms with van der Waals surface area (Å²) in [4.78, 5) is 31.3. The number of amides is 1. The molecule has 0 aliphatic heterocycles. The fraction of sp³-hybridized carbons (Fsp3) is 0.158. The van der Waals surface area contributed by atoms with Crippen molar-refractivity contribution in [2.45, 2.75) is 18.4 Å². The Bertz CT molecular complexity index is 1110. The molecule has 0 spiro atoms. The van der Waals surface area contributed by atoms with Gasteiger partial charge in [0.2, 0.25) is 5.91 Å². The van der Waals surface area contributed by atoms with E-state index >= 15 is 0 Å². The number of hydrogen-bond acceptors (Lipinski definition) is 8. The third-order valence-electron chi connectivity index (χ3n) is 3.79. The third kappa shape index (κ3) is 5.37. The molecule has 0 aliphatic rings. The standard InChI is InChI=1S/C19H15N5O3S2/c1-12-5-6-14(10-20)18(21-12)28-8-7-17(25)23-19-22-16(11-29-19)13-3-2-4-15(9-13)24(26)27/h2-6,9,11H,7-8H2,1H3,(H,22,23,25). The molecule has 146 valence electrons. The largest absolute Gasteiger partial charge is 0.302 e. The lowest BCUT2D eigenvalue weighted by Crippen LogP contribution is -2.12. The van der Waals surface area contributed by atoms with Crippen molar-refractivity contribution < 1.29 is 9.72 Å². The maximum Gasteiger partial charge on any atom is 0.270 e. The number of nitro groups is 1. The second-order valence-corrected chi connectivity index (χ2v) is 7.85. The summed E-state index contributed by atoms with van der Waals surface area (Å²) < 4.78 is 0. The number of thioether (sulfide) groups is 1. The normalized spacial score (nSPS) is 10.3. The molecule has 0 aliphatic carbocycles. The Balaban J connectivity index is 1.57. The molecule has 1 N–H and O–H groups in total. The maximum absolute atomic E-state index is 12.2. The first kappa shape index (κ1) is 20.4. The number of rotatable bonds is 7. The maximum atomic E-state index is 12.2. The Morgan fingerprint density at radius 1 is 1.34 bits per heavy atom. The molecule has 0 atom stereocenters. The third-order valence-corrected chi connectivity index (χ3v) is 5.54. The van der Waals surface area contributed by atoms with Gasteiger partial charge in [-0.15, -0.1) is 23.1 Å².